The van der Waals surface area contributed by atoms with E-state index in [0.717, 1.165) is 88.5 Å². The van der Waals surface area contributed by atoms with Gasteiger partial charge >= 0.3 is 0 Å². The lowest BCUT2D eigenvalue weighted by molar-refractivity contribution is 0.122. The van der Waals surface area contributed by atoms with Crippen molar-refractivity contribution >= 4 is 5.95 Å². The molecule has 1 N–H and O–H groups in total. The molecule has 4 rings (SSSR count). The van der Waals surface area contributed by atoms with Crippen LogP contribution >= 0.6 is 0 Å². The Kier molecular flexibility index (Phi) is 6.97. The molecule has 1 spiro atoms. The summed E-state index contributed by atoms with van der Waals surface area (Å²) in [4.78, 5) is 25.6. The third-order valence-electron chi connectivity index (χ3n) is 7.27. The van der Waals surface area contributed by atoms with Crippen LogP contribution in [-0.4, -0.2) is 60.8 Å². The van der Waals surface area contributed by atoms with Crippen molar-refractivity contribution < 1.29 is 4.74 Å². The van der Waals surface area contributed by atoms with Gasteiger partial charge in [-0.25, -0.2) is 4.98 Å². The summed E-state index contributed by atoms with van der Waals surface area (Å²) in [5.41, 5.74) is 5.05. The second-order valence-corrected chi connectivity index (χ2v) is 9.77. The maximum absolute atomic E-state index is 12.8. The standard InChI is InChI=1S/C25H38N4O2/c1-19(2)5-4-6-20(3)8-12-28-13-10-25(11-14-28)9-7-21-22(25)26-24(27-23(21)30)29-15-17-31-18-16-29/h5,8H,4,6-7,9-18H2,1-3H3,(H,26,27,30)/b20-8+. The van der Waals surface area contributed by atoms with Gasteiger partial charge in [-0.05, 0) is 72.4 Å². The van der Waals surface area contributed by atoms with Crippen LogP contribution in [0.4, 0.5) is 5.95 Å². The van der Waals surface area contributed by atoms with Crippen LogP contribution in [0.3, 0.4) is 0 Å². The molecular weight excluding hydrogens is 388 g/mol. The molecule has 1 aliphatic carbocycles. The number of piperidine rings is 1. The number of aromatic nitrogens is 2. The van der Waals surface area contributed by atoms with Gasteiger partial charge < -0.3 is 9.64 Å². The highest BCUT2D eigenvalue weighted by molar-refractivity contribution is 5.40. The van der Waals surface area contributed by atoms with Gasteiger partial charge in [0.2, 0.25) is 5.95 Å². The van der Waals surface area contributed by atoms with E-state index in [1.165, 1.54) is 11.1 Å². The Bertz CT molecular complexity index is 883. The topological polar surface area (TPSA) is 61.5 Å². The van der Waals surface area contributed by atoms with E-state index in [4.69, 9.17) is 9.72 Å². The highest BCUT2D eigenvalue weighted by Crippen LogP contribution is 2.44. The second-order valence-electron chi connectivity index (χ2n) is 9.77. The smallest absolute Gasteiger partial charge is 0.255 e. The van der Waals surface area contributed by atoms with Crippen LogP contribution in [0, 0.1) is 0 Å². The SMILES string of the molecule is CC(C)=CCC/C(C)=C/CN1CCC2(CCc3c2nc(N2CCOCC2)[nH]c3=O)CC1. The van der Waals surface area contributed by atoms with E-state index < -0.39 is 0 Å². The number of nitrogens with zero attached hydrogens (tertiary/aromatic N) is 3. The van der Waals surface area contributed by atoms with Gasteiger partial charge in [0.25, 0.3) is 5.56 Å². The van der Waals surface area contributed by atoms with Gasteiger partial charge in [-0.15, -0.1) is 0 Å². The van der Waals surface area contributed by atoms with Crippen LogP contribution < -0.4 is 10.5 Å². The molecule has 0 unspecified atom stereocenters. The fourth-order valence-corrected chi connectivity index (χ4v) is 5.19. The highest BCUT2D eigenvalue weighted by Gasteiger charge is 2.44. The Labute approximate surface area is 186 Å². The number of nitrogens with one attached hydrogen (secondary N) is 1. The van der Waals surface area contributed by atoms with Crippen LogP contribution in [0.2, 0.25) is 0 Å². The monoisotopic (exact) mass is 426 g/mol. The minimum Gasteiger partial charge on any atom is -0.378 e. The number of anilines is 1. The van der Waals surface area contributed by atoms with Crippen LogP contribution in [0.5, 0.6) is 0 Å². The predicted octanol–water partition coefficient (Wildman–Crippen LogP) is 3.58. The van der Waals surface area contributed by atoms with E-state index >= 15 is 0 Å². The van der Waals surface area contributed by atoms with Crippen molar-refractivity contribution in [3.63, 3.8) is 0 Å². The van der Waals surface area contributed by atoms with Gasteiger partial charge in [0.05, 0.1) is 18.9 Å². The molecule has 31 heavy (non-hydrogen) atoms. The average molecular weight is 427 g/mol. The Morgan fingerprint density at radius 2 is 1.84 bits per heavy atom. The molecule has 0 atom stereocenters. The van der Waals surface area contributed by atoms with Crippen LogP contribution in [0.15, 0.2) is 28.1 Å². The van der Waals surface area contributed by atoms with E-state index in [9.17, 15) is 4.79 Å². The number of fused-ring (bicyclic) bond motifs is 2. The van der Waals surface area contributed by atoms with E-state index in [0.29, 0.717) is 13.2 Å². The molecule has 0 aromatic carbocycles. The molecule has 1 aromatic rings. The predicted molar refractivity (Wildman–Crippen MR) is 126 cm³/mol. The van der Waals surface area contributed by atoms with Crippen LogP contribution in [0.1, 0.15) is 64.1 Å². The molecule has 2 saturated heterocycles. The van der Waals surface area contributed by atoms with Gasteiger partial charge in [-0.1, -0.05) is 23.3 Å². The molecule has 0 radical (unpaired) electrons. The van der Waals surface area contributed by atoms with E-state index in [2.05, 4.69) is 47.7 Å². The number of allylic oxidation sites excluding steroid dienone is 3. The fourth-order valence-electron chi connectivity index (χ4n) is 5.19. The minimum absolute atomic E-state index is 0.0701. The third kappa shape index (κ3) is 5.12. The number of hydrogen-bond donors (Lipinski definition) is 1. The zero-order valence-electron chi connectivity index (χ0n) is 19.5. The summed E-state index contributed by atoms with van der Waals surface area (Å²) in [5, 5.41) is 0. The summed E-state index contributed by atoms with van der Waals surface area (Å²) in [5.74, 6) is 0.741. The van der Waals surface area contributed by atoms with Crippen molar-refractivity contribution in [1.82, 2.24) is 14.9 Å². The maximum Gasteiger partial charge on any atom is 0.255 e. The van der Waals surface area contributed by atoms with Gasteiger partial charge in [-0.2, -0.15) is 0 Å². The zero-order chi connectivity index (χ0) is 21.8. The largest absolute Gasteiger partial charge is 0.378 e. The first-order valence-corrected chi connectivity index (χ1v) is 11.9. The third-order valence-corrected chi connectivity index (χ3v) is 7.27. The molecule has 0 saturated carbocycles. The molecule has 3 heterocycles. The zero-order valence-corrected chi connectivity index (χ0v) is 19.5. The molecule has 0 amide bonds. The molecular formula is C25H38N4O2. The maximum atomic E-state index is 12.8. The quantitative estimate of drug-likeness (QED) is 0.705. The molecule has 2 aliphatic heterocycles. The first-order chi connectivity index (χ1) is 15.0. The van der Waals surface area contributed by atoms with Crippen molar-refractivity contribution in [2.45, 2.75) is 64.7 Å². The normalized spacial score (nSPS) is 21.4. The average Bonchev–Trinajstić information content (AvgIpc) is 3.12. The summed E-state index contributed by atoms with van der Waals surface area (Å²) in [7, 11) is 0. The van der Waals surface area contributed by atoms with Gasteiger partial charge in [-0.3, -0.25) is 14.7 Å². The lowest BCUT2D eigenvalue weighted by Gasteiger charge is -2.39. The summed E-state index contributed by atoms with van der Waals surface area (Å²) in [6.45, 7) is 12.8. The number of ether oxygens (including phenoxy) is 1. The molecule has 170 valence electrons. The Morgan fingerprint density at radius 3 is 2.55 bits per heavy atom. The molecule has 6 nitrogen and oxygen atoms in total. The highest BCUT2D eigenvalue weighted by atomic mass is 16.5. The first kappa shape index (κ1) is 22.3. The van der Waals surface area contributed by atoms with E-state index in [1.807, 2.05) is 0 Å². The van der Waals surface area contributed by atoms with Crippen molar-refractivity contribution in [3.8, 4) is 0 Å². The fraction of sp³-hybridized carbons (Fsp3) is 0.680. The van der Waals surface area contributed by atoms with Crippen molar-refractivity contribution in [2.75, 3.05) is 50.8 Å². The van der Waals surface area contributed by atoms with Crippen molar-refractivity contribution in [3.05, 3.63) is 44.9 Å². The number of hydrogen-bond acceptors (Lipinski definition) is 5. The molecule has 6 heteroatoms. The summed E-state index contributed by atoms with van der Waals surface area (Å²) in [6, 6.07) is 0. The van der Waals surface area contributed by atoms with E-state index in [-0.39, 0.29) is 11.0 Å². The Morgan fingerprint density at radius 1 is 1.10 bits per heavy atom. The van der Waals surface area contributed by atoms with Gasteiger partial charge in [0.1, 0.15) is 0 Å². The Hall–Kier alpha value is -1.92. The number of rotatable bonds is 6. The van der Waals surface area contributed by atoms with Crippen molar-refractivity contribution in [2.24, 2.45) is 0 Å². The second kappa shape index (κ2) is 9.70. The summed E-state index contributed by atoms with van der Waals surface area (Å²) in [6.07, 6.45) is 11.1. The molecule has 3 aliphatic rings. The van der Waals surface area contributed by atoms with Gasteiger partial charge in [0, 0.05) is 30.6 Å². The molecule has 1 aromatic heterocycles. The molecule has 0 bridgehead atoms. The summed E-state index contributed by atoms with van der Waals surface area (Å²) < 4.78 is 5.46. The summed E-state index contributed by atoms with van der Waals surface area (Å²) >= 11 is 0. The lowest BCUT2D eigenvalue weighted by atomic mass is 9.76. The number of likely N-dealkylation sites (tertiary alicyclic amines) is 1. The number of H-pyrrole nitrogens is 1. The minimum atomic E-state index is 0.0701. The van der Waals surface area contributed by atoms with Crippen LogP contribution in [0.25, 0.3) is 0 Å². The number of aromatic amines is 1. The molecule has 2 fully saturated rings. The van der Waals surface area contributed by atoms with Crippen molar-refractivity contribution in [1.29, 1.82) is 0 Å². The number of morpholine rings is 1. The van der Waals surface area contributed by atoms with E-state index in [1.54, 1.807) is 0 Å². The Balaban J connectivity index is 1.40. The lowest BCUT2D eigenvalue weighted by Crippen LogP contribution is -2.43. The first-order valence-electron chi connectivity index (χ1n) is 11.9. The van der Waals surface area contributed by atoms with Crippen LogP contribution in [-0.2, 0) is 16.6 Å². The van der Waals surface area contributed by atoms with Gasteiger partial charge in [0.15, 0.2) is 0 Å².